The third-order valence-electron chi connectivity index (χ3n) is 2.71. The van der Waals surface area contributed by atoms with Crippen LogP contribution in [0.1, 0.15) is 52.9 Å². The van der Waals surface area contributed by atoms with Gasteiger partial charge in [-0.2, -0.15) is 0 Å². The summed E-state index contributed by atoms with van der Waals surface area (Å²) in [5.74, 6) is 0.0687. The van der Waals surface area contributed by atoms with E-state index in [-0.39, 0.29) is 18.0 Å². The van der Waals surface area contributed by atoms with Gasteiger partial charge in [0.2, 0.25) is 0 Å². The van der Waals surface area contributed by atoms with E-state index in [0.29, 0.717) is 19.4 Å². The molecule has 0 saturated carbocycles. The van der Waals surface area contributed by atoms with E-state index in [9.17, 15) is 9.90 Å². The molecule has 0 saturated heterocycles. The largest absolute Gasteiger partial charge is 0.466 e. The number of aliphatic hydroxyl groups excluding tert-OH is 1. The third-order valence-corrected chi connectivity index (χ3v) is 2.71. The predicted molar refractivity (Wildman–Crippen MR) is 60.6 cm³/mol. The average molecular weight is 216 g/mol. The van der Waals surface area contributed by atoms with E-state index in [0.717, 1.165) is 19.3 Å². The number of rotatable bonds is 8. The SMILES string of the molecule is CCCCOC(=O)CCC(O)C(C)CC. The lowest BCUT2D eigenvalue weighted by Gasteiger charge is -2.16. The zero-order valence-corrected chi connectivity index (χ0v) is 10.2. The number of unbranched alkanes of at least 4 members (excludes halogenated alkanes) is 1. The summed E-state index contributed by atoms with van der Waals surface area (Å²) in [7, 11) is 0. The summed E-state index contributed by atoms with van der Waals surface area (Å²) in [6.07, 6.45) is 3.35. The van der Waals surface area contributed by atoms with Crippen molar-refractivity contribution in [2.24, 2.45) is 5.92 Å². The maximum atomic E-state index is 11.2. The van der Waals surface area contributed by atoms with Gasteiger partial charge in [-0.3, -0.25) is 4.79 Å². The standard InChI is InChI=1S/C12H24O3/c1-4-6-9-15-12(14)8-7-11(13)10(3)5-2/h10-11,13H,4-9H2,1-3H3. The second-order valence-electron chi connectivity index (χ2n) is 4.07. The van der Waals surface area contributed by atoms with E-state index in [1.54, 1.807) is 0 Å². The Morgan fingerprint density at radius 3 is 2.60 bits per heavy atom. The molecule has 0 aliphatic carbocycles. The van der Waals surface area contributed by atoms with Gasteiger partial charge in [-0.15, -0.1) is 0 Å². The minimum atomic E-state index is -0.381. The van der Waals surface area contributed by atoms with Gasteiger partial charge in [0.25, 0.3) is 0 Å². The number of aliphatic hydroxyl groups is 1. The Morgan fingerprint density at radius 2 is 2.07 bits per heavy atom. The minimum absolute atomic E-state index is 0.189. The van der Waals surface area contributed by atoms with Crippen LogP contribution in [0, 0.1) is 5.92 Å². The van der Waals surface area contributed by atoms with Gasteiger partial charge in [-0.25, -0.2) is 0 Å². The quantitative estimate of drug-likeness (QED) is 0.501. The first kappa shape index (κ1) is 14.4. The van der Waals surface area contributed by atoms with Crippen LogP contribution in [0.25, 0.3) is 0 Å². The van der Waals surface area contributed by atoms with Crippen molar-refractivity contribution in [2.45, 2.75) is 59.0 Å². The van der Waals surface area contributed by atoms with Gasteiger partial charge < -0.3 is 9.84 Å². The highest BCUT2D eigenvalue weighted by molar-refractivity contribution is 5.69. The molecule has 2 unspecified atom stereocenters. The van der Waals surface area contributed by atoms with Crippen molar-refractivity contribution in [2.75, 3.05) is 6.61 Å². The highest BCUT2D eigenvalue weighted by atomic mass is 16.5. The Bertz CT molecular complexity index is 168. The number of hydrogen-bond donors (Lipinski definition) is 1. The van der Waals surface area contributed by atoms with E-state index < -0.39 is 0 Å². The molecule has 90 valence electrons. The second kappa shape index (κ2) is 8.72. The van der Waals surface area contributed by atoms with Crippen LogP contribution in [0.5, 0.6) is 0 Å². The van der Waals surface area contributed by atoms with E-state index in [1.165, 1.54) is 0 Å². The average Bonchev–Trinajstić information content (AvgIpc) is 2.25. The molecule has 0 bridgehead atoms. The van der Waals surface area contributed by atoms with Gasteiger partial charge in [0.1, 0.15) is 0 Å². The molecule has 0 aromatic rings. The van der Waals surface area contributed by atoms with Crippen LogP contribution in [0.3, 0.4) is 0 Å². The maximum absolute atomic E-state index is 11.2. The first-order valence-corrected chi connectivity index (χ1v) is 5.95. The highest BCUT2D eigenvalue weighted by Gasteiger charge is 2.14. The van der Waals surface area contributed by atoms with Crippen molar-refractivity contribution in [1.82, 2.24) is 0 Å². The smallest absolute Gasteiger partial charge is 0.305 e. The van der Waals surface area contributed by atoms with Crippen LogP contribution >= 0.6 is 0 Å². The fourth-order valence-corrected chi connectivity index (χ4v) is 1.22. The van der Waals surface area contributed by atoms with Gasteiger partial charge in [0.15, 0.2) is 0 Å². The molecule has 0 spiro atoms. The lowest BCUT2D eigenvalue weighted by Crippen LogP contribution is -2.19. The summed E-state index contributed by atoms with van der Waals surface area (Å²) in [6, 6.07) is 0. The Labute approximate surface area is 92.8 Å². The molecular formula is C12H24O3. The summed E-state index contributed by atoms with van der Waals surface area (Å²) >= 11 is 0. The number of carbonyl (C=O) groups excluding carboxylic acids is 1. The zero-order chi connectivity index (χ0) is 11.7. The van der Waals surface area contributed by atoms with Gasteiger partial charge in [-0.1, -0.05) is 33.6 Å². The monoisotopic (exact) mass is 216 g/mol. The van der Waals surface area contributed by atoms with E-state index in [1.807, 2.05) is 13.8 Å². The summed E-state index contributed by atoms with van der Waals surface area (Å²) in [5, 5.41) is 9.63. The molecular weight excluding hydrogens is 192 g/mol. The molecule has 0 rings (SSSR count). The van der Waals surface area contributed by atoms with Crippen LogP contribution < -0.4 is 0 Å². The predicted octanol–water partition coefficient (Wildman–Crippen LogP) is 2.52. The molecule has 0 aliphatic heterocycles. The van der Waals surface area contributed by atoms with Gasteiger partial charge in [0, 0.05) is 6.42 Å². The highest BCUT2D eigenvalue weighted by Crippen LogP contribution is 2.12. The summed E-state index contributed by atoms with van der Waals surface area (Å²) in [6.45, 7) is 6.59. The molecule has 1 N–H and O–H groups in total. The molecule has 15 heavy (non-hydrogen) atoms. The first-order chi connectivity index (χ1) is 7.11. The van der Waals surface area contributed by atoms with Gasteiger partial charge >= 0.3 is 5.97 Å². The molecule has 3 nitrogen and oxygen atoms in total. The molecule has 0 amide bonds. The number of hydrogen-bond acceptors (Lipinski definition) is 3. The van der Waals surface area contributed by atoms with Crippen LogP contribution in [-0.2, 0) is 9.53 Å². The fraction of sp³-hybridized carbons (Fsp3) is 0.917. The van der Waals surface area contributed by atoms with Crippen LogP contribution in [-0.4, -0.2) is 23.8 Å². The number of esters is 1. The number of carbonyl (C=O) groups is 1. The molecule has 0 fully saturated rings. The first-order valence-electron chi connectivity index (χ1n) is 5.95. The molecule has 0 aliphatic rings. The topological polar surface area (TPSA) is 46.5 Å². The van der Waals surface area contributed by atoms with E-state index in [2.05, 4.69) is 6.92 Å². The second-order valence-corrected chi connectivity index (χ2v) is 4.07. The molecule has 0 heterocycles. The molecule has 0 aromatic carbocycles. The van der Waals surface area contributed by atoms with Crippen LogP contribution in [0.15, 0.2) is 0 Å². The van der Waals surface area contributed by atoms with Crippen molar-refractivity contribution >= 4 is 5.97 Å². The molecule has 0 radical (unpaired) electrons. The van der Waals surface area contributed by atoms with Crippen LogP contribution in [0.2, 0.25) is 0 Å². The van der Waals surface area contributed by atoms with Crippen molar-refractivity contribution < 1.29 is 14.6 Å². The molecule has 3 heteroatoms. The Hall–Kier alpha value is -0.570. The van der Waals surface area contributed by atoms with Crippen molar-refractivity contribution in [1.29, 1.82) is 0 Å². The molecule has 2 atom stereocenters. The molecule has 0 aromatic heterocycles. The van der Waals surface area contributed by atoms with E-state index in [4.69, 9.17) is 4.74 Å². The third kappa shape index (κ3) is 7.37. The summed E-state index contributed by atoms with van der Waals surface area (Å²) in [5.41, 5.74) is 0. The van der Waals surface area contributed by atoms with Crippen LogP contribution in [0.4, 0.5) is 0 Å². The summed E-state index contributed by atoms with van der Waals surface area (Å²) < 4.78 is 5.00. The van der Waals surface area contributed by atoms with E-state index >= 15 is 0 Å². The van der Waals surface area contributed by atoms with Crippen molar-refractivity contribution in [3.05, 3.63) is 0 Å². The Morgan fingerprint density at radius 1 is 1.40 bits per heavy atom. The zero-order valence-electron chi connectivity index (χ0n) is 10.2. The maximum Gasteiger partial charge on any atom is 0.305 e. The Balaban J connectivity index is 3.52. The van der Waals surface area contributed by atoms with Gasteiger partial charge in [-0.05, 0) is 18.8 Å². The van der Waals surface area contributed by atoms with Crippen molar-refractivity contribution in [3.8, 4) is 0 Å². The van der Waals surface area contributed by atoms with Crippen molar-refractivity contribution in [3.63, 3.8) is 0 Å². The fourth-order valence-electron chi connectivity index (χ4n) is 1.22. The lowest BCUT2D eigenvalue weighted by molar-refractivity contribution is -0.144. The van der Waals surface area contributed by atoms with Gasteiger partial charge in [0.05, 0.1) is 12.7 Å². The minimum Gasteiger partial charge on any atom is -0.466 e. The summed E-state index contributed by atoms with van der Waals surface area (Å²) in [4.78, 5) is 11.2. The number of ether oxygens (including phenoxy) is 1. The Kier molecular flexibility index (Phi) is 8.38. The normalized spacial score (nSPS) is 14.7. The lowest BCUT2D eigenvalue weighted by atomic mass is 9.98.